The van der Waals surface area contributed by atoms with Gasteiger partial charge >= 0.3 is 0 Å². The van der Waals surface area contributed by atoms with Gasteiger partial charge in [0.1, 0.15) is 0 Å². The largest absolute Gasteiger partial charge is 0.309 e. The molecule has 0 saturated carbocycles. The summed E-state index contributed by atoms with van der Waals surface area (Å²) in [5.41, 5.74) is 1.08. The molecule has 5 heteroatoms. The van der Waals surface area contributed by atoms with Crippen LogP contribution in [0.15, 0.2) is 29.2 Å². The molecule has 1 unspecified atom stereocenters. The normalized spacial score (nSPS) is 12.9. The molecule has 0 radical (unpaired) electrons. The highest BCUT2D eigenvalue weighted by molar-refractivity contribution is 7.99. The van der Waals surface area contributed by atoms with Crippen LogP contribution in [-0.4, -0.2) is 32.7 Å². The highest BCUT2D eigenvalue weighted by Gasteiger charge is 2.08. The minimum Gasteiger partial charge on any atom is -0.309 e. The molecule has 19 heavy (non-hydrogen) atoms. The molecule has 1 atom stereocenters. The van der Waals surface area contributed by atoms with Crippen molar-refractivity contribution in [2.45, 2.75) is 17.9 Å². The lowest BCUT2D eigenvalue weighted by atomic mass is 10.1. The molecular weight excluding hydrogens is 278 g/mol. The van der Waals surface area contributed by atoms with E-state index in [9.17, 15) is 8.42 Å². The summed E-state index contributed by atoms with van der Waals surface area (Å²) < 4.78 is 22.7. The summed E-state index contributed by atoms with van der Waals surface area (Å²) in [7, 11) is -3.12. The van der Waals surface area contributed by atoms with Crippen molar-refractivity contribution >= 4 is 21.6 Å². The standard InChI is InChI=1S/C14H19NO2S2/c1-4-10-18-11-9-15-12(2)13-5-7-14(8-6-13)19(3,16)17/h1,5-8,12,15H,9-11H2,2-3H3. The van der Waals surface area contributed by atoms with Crippen LogP contribution < -0.4 is 5.32 Å². The number of hydrogen-bond donors (Lipinski definition) is 1. The lowest BCUT2D eigenvalue weighted by Gasteiger charge is -2.14. The third-order valence-corrected chi connectivity index (χ3v) is 4.68. The van der Waals surface area contributed by atoms with Gasteiger partial charge in [-0.3, -0.25) is 0 Å². The van der Waals surface area contributed by atoms with Crippen LogP contribution in [0.5, 0.6) is 0 Å². The van der Waals surface area contributed by atoms with Crippen LogP contribution in [0, 0.1) is 12.3 Å². The van der Waals surface area contributed by atoms with Crippen LogP contribution in [0.2, 0.25) is 0 Å². The fourth-order valence-electron chi connectivity index (χ4n) is 1.60. The zero-order valence-electron chi connectivity index (χ0n) is 11.2. The van der Waals surface area contributed by atoms with E-state index in [2.05, 4.69) is 18.2 Å². The van der Waals surface area contributed by atoms with Gasteiger partial charge in [0.15, 0.2) is 9.84 Å². The molecule has 1 rings (SSSR count). The molecule has 0 aliphatic rings. The first kappa shape index (κ1) is 16.1. The minimum atomic E-state index is -3.12. The Balaban J connectivity index is 2.50. The third kappa shape index (κ3) is 5.68. The predicted octanol–water partition coefficient (Wildman–Crippen LogP) is 2.11. The summed E-state index contributed by atoms with van der Waals surface area (Å²) in [4.78, 5) is 0.355. The first-order valence-electron chi connectivity index (χ1n) is 5.99. The molecule has 0 spiro atoms. The summed E-state index contributed by atoms with van der Waals surface area (Å²) in [6.07, 6.45) is 6.39. The van der Waals surface area contributed by atoms with Gasteiger partial charge in [0.2, 0.25) is 0 Å². The lowest BCUT2D eigenvalue weighted by Crippen LogP contribution is -2.21. The molecule has 104 valence electrons. The van der Waals surface area contributed by atoms with Gasteiger partial charge in [-0.25, -0.2) is 8.42 Å². The van der Waals surface area contributed by atoms with Crippen molar-refractivity contribution in [3.8, 4) is 12.3 Å². The average molecular weight is 297 g/mol. The number of nitrogens with one attached hydrogen (secondary N) is 1. The van der Waals surface area contributed by atoms with Crippen molar-refractivity contribution in [1.82, 2.24) is 5.32 Å². The zero-order valence-corrected chi connectivity index (χ0v) is 12.9. The molecule has 0 aromatic heterocycles. The van der Waals surface area contributed by atoms with Crippen molar-refractivity contribution in [3.63, 3.8) is 0 Å². The highest BCUT2D eigenvalue weighted by atomic mass is 32.2. The van der Waals surface area contributed by atoms with Crippen molar-refractivity contribution in [2.24, 2.45) is 0 Å². The number of hydrogen-bond acceptors (Lipinski definition) is 4. The van der Waals surface area contributed by atoms with E-state index in [1.165, 1.54) is 6.26 Å². The van der Waals surface area contributed by atoms with E-state index in [4.69, 9.17) is 6.42 Å². The van der Waals surface area contributed by atoms with Crippen LogP contribution in [-0.2, 0) is 9.84 Å². The fourth-order valence-corrected chi connectivity index (χ4v) is 2.76. The first-order valence-corrected chi connectivity index (χ1v) is 9.04. The van der Waals surface area contributed by atoms with Crippen molar-refractivity contribution in [3.05, 3.63) is 29.8 Å². The van der Waals surface area contributed by atoms with Gasteiger partial charge in [-0.05, 0) is 24.6 Å². The van der Waals surface area contributed by atoms with Gasteiger partial charge in [0.25, 0.3) is 0 Å². The van der Waals surface area contributed by atoms with Crippen molar-refractivity contribution < 1.29 is 8.42 Å². The lowest BCUT2D eigenvalue weighted by molar-refractivity contribution is 0.597. The Labute approximate surface area is 120 Å². The van der Waals surface area contributed by atoms with Gasteiger partial charge in [-0.1, -0.05) is 18.1 Å². The Morgan fingerprint density at radius 3 is 2.53 bits per heavy atom. The van der Waals surface area contributed by atoms with Crippen molar-refractivity contribution in [2.75, 3.05) is 24.3 Å². The van der Waals surface area contributed by atoms with E-state index < -0.39 is 9.84 Å². The van der Waals surface area contributed by atoms with E-state index in [0.717, 1.165) is 23.6 Å². The number of benzene rings is 1. The molecule has 3 nitrogen and oxygen atoms in total. The molecule has 0 aliphatic heterocycles. The first-order chi connectivity index (χ1) is 8.95. The van der Waals surface area contributed by atoms with Gasteiger partial charge < -0.3 is 5.32 Å². The number of thioether (sulfide) groups is 1. The third-order valence-electron chi connectivity index (χ3n) is 2.69. The summed E-state index contributed by atoms with van der Waals surface area (Å²) in [6, 6.07) is 7.19. The Morgan fingerprint density at radius 2 is 2.00 bits per heavy atom. The molecule has 0 heterocycles. The van der Waals surface area contributed by atoms with Crippen LogP contribution in [0.3, 0.4) is 0 Å². The van der Waals surface area contributed by atoms with Gasteiger partial charge in [0, 0.05) is 24.6 Å². The molecule has 0 amide bonds. The summed E-state index contributed by atoms with van der Waals surface area (Å²) >= 11 is 1.72. The predicted molar refractivity (Wildman–Crippen MR) is 82.1 cm³/mol. The second kappa shape index (κ2) is 7.59. The Bertz CT molecular complexity index is 530. The SMILES string of the molecule is C#CCSCCNC(C)c1ccc(S(C)(=O)=O)cc1. The van der Waals surface area contributed by atoms with Crippen LogP contribution in [0.4, 0.5) is 0 Å². The maximum atomic E-state index is 11.4. The summed E-state index contributed by atoms with van der Waals surface area (Å²) in [5.74, 6) is 4.29. The highest BCUT2D eigenvalue weighted by Crippen LogP contribution is 2.16. The molecule has 0 fully saturated rings. The topological polar surface area (TPSA) is 46.2 Å². The van der Waals surface area contributed by atoms with E-state index >= 15 is 0 Å². The molecule has 0 aliphatic carbocycles. The fraction of sp³-hybridized carbons (Fsp3) is 0.429. The van der Waals surface area contributed by atoms with Crippen molar-refractivity contribution in [1.29, 1.82) is 0 Å². The Kier molecular flexibility index (Phi) is 6.43. The second-order valence-electron chi connectivity index (χ2n) is 4.27. The maximum Gasteiger partial charge on any atom is 0.175 e. The summed E-state index contributed by atoms with van der Waals surface area (Å²) in [5, 5.41) is 3.38. The van der Waals surface area contributed by atoms with Crippen LogP contribution in [0.25, 0.3) is 0 Å². The van der Waals surface area contributed by atoms with Crippen LogP contribution in [0.1, 0.15) is 18.5 Å². The molecular formula is C14H19NO2S2. The van der Waals surface area contributed by atoms with E-state index in [1.807, 2.05) is 12.1 Å². The van der Waals surface area contributed by atoms with E-state index in [-0.39, 0.29) is 6.04 Å². The Hall–Kier alpha value is -0.960. The van der Waals surface area contributed by atoms with E-state index in [0.29, 0.717) is 4.90 Å². The maximum absolute atomic E-state index is 11.4. The molecule has 1 N–H and O–H groups in total. The molecule has 1 aromatic rings. The van der Waals surface area contributed by atoms with Gasteiger partial charge in [-0.2, -0.15) is 0 Å². The quantitative estimate of drug-likeness (QED) is 0.618. The number of terminal acetylenes is 1. The smallest absolute Gasteiger partial charge is 0.175 e. The number of sulfone groups is 1. The van der Waals surface area contributed by atoms with Gasteiger partial charge in [0.05, 0.1) is 10.6 Å². The van der Waals surface area contributed by atoms with Gasteiger partial charge in [-0.15, -0.1) is 18.2 Å². The zero-order chi connectivity index (χ0) is 14.3. The number of rotatable bonds is 7. The van der Waals surface area contributed by atoms with Crippen LogP contribution >= 0.6 is 11.8 Å². The minimum absolute atomic E-state index is 0.194. The molecule has 1 aromatic carbocycles. The van der Waals surface area contributed by atoms with E-state index in [1.54, 1.807) is 23.9 Å². The second-order valence-corrected chi connectivity index (χ2v) is 7.39. The Morgan fingerprint density at radius 1 is 1.37 bits per heavy atom. The monoisotopic (exact) mass is 297 g/mol. The molecule has 0 saturated heterocycles. The summed E-state index contributed by atoms with van der Waals surface area (Å²) in [6.45, 7) is 2.93. The molecule has 0 bridgehead atoms. The average Bonchev–Trinajstić information content (AvgIpc) is 2.37.